The molecule has 5 nitrogen and oxygen atoms in total. The smallest absolute Gasteiger partial charge is 0.321 e. The van der Waals surface area contributed by atoms with Crippen LogP contribution >= 0.6 is 0 Å². The summed E-state index contributed by atoms with van der Waals surface area (Å²) in [6, 6.07) is 1.66. The molecule has 0 aliphatic carbocycles. The van der Waals surface area contributed by atoms with Gasteiger partial charge in [-0.2, -0.15) is 5.10 Å². The molecule has 0 saturated carbocycles. The molecule has 1 fully saturated rings. The number of aryl methyl sites for hydroxylation is 2. The molecule has 1 N–H and O–H groups in total. The van der Waals surface area contributed by atoms with Gasteiger partial charge in [0.25, 0.3) is 0 Å². The van der Waals surface area contributed by atoms with Gasteiger partial charge in [-0.15, -0.1) is 0 Å². The van der Waals surface area contributed by atoms with Gasteiger partial charge < -0.3 is 5.11 Å². The van der Waals surface area contributed by atoms with Gasteiger partial charge in [0.15, 0.2) is 0 Å². The summed E-state index contributed by atoms with van der Waals surface area (Å²) in [4.78, 5) is 13.5. The van der Waals surface area contributed by atoms with Crippen molar-refractivity contribution in [3.8, 4) is 0 Å². The zero-order valence-electron chi connectivity index (χ0n) is 11.3. The van der Waals surface area contributed by atoms with Crippen LogP contribution < -0.4 is 0 Å². The van der Waals surface area contributed by atoms with E-state index < -0.39 is 5.97 Å². The molecule has 1 saturated heterocycles. The molecule has 2 rings (SSSR count). The number of hydrogen-bond acceptors (Lipinski definition) is 3. The summed E-state index contributed by atoms with van der Waals surface area (Å²) in [5.74, 6) is -0.494. The maximum atomic E-state index is 11.4. The maximum absolute atomic E-state index is 11.4. The lowest BCUT2D eigenvalue weighted by Crippen LogP contribution is -2.48. The fourth-order valence-corrected chi connectivity index (χ4v) is 2.87. The number of piperidine rings is 1. The molecule has 0 amide bonds. The standard InChI is InChI=1S/C13H21N3O2/c1-9-5-4-6-16(12(9)13(17)18)8-11-7-10(2)14-15(11)3/h7,9,12H,4-6,8H2,1-3H3,(H,17,18). The Morgan fingerprint density at radius 1 is 1.61 bits per heavy atom. The number of aliphatic carboxylic acids is 1. The molecule has 2 atom stereocenters. The first-order chi connectivity index (χ1) is 8.49. The third-order valence-electron chi connectivity index (χ3n) is 3.75. The van der Waals surface area contributed by atoms with E-state index in [0.29, 0.717) is 6.54 Å². The first kappa shape index (κ1) is 13.1. The van der Waals surface area contributed by atoms with E-state index in [4.69, 9.17) is 0 Å². The van der Waals surface area contributed by atoms with Crippen LogP contribution in [0.25, 0.3) is 0 Å². The highest BCUT2D eigenvalue weighted by Crippen LogP contribution is 2.25. The lowest BCUT2D eigenvalue weighted by Gasteiger charge is -2.37. The number of carboxylic acid groups (broad SMARTS) is 1. The first-order valence-corrected chi connectivity index (χ1v) is 6.45. The normalized spacial score (nSPS) is 25.3. The predicted molar refractivity (Wildman–Crippen MR) is 68.2 cm³/mol. The molecule has 1 aliphatic rings. The van der Waals surface area contributed by atoms with E-state index in [1.165, 1.54) is 0 Å². The van der Waals surface area contributed by atoms with Gasteiger partial charge in [-0.3, -0.25) is 14.4 Å². The van der Waals surface area contributed by atoms with E-state index in [2.05, 4.69) is 10.00 Å². The zero-order chi connectivity index (χ0) is 13.3. The maximum Gasteiger partial charge on any atom is 0.321 e. The highest BCUT2D eigenvalue weighted by Gasteiger charge is 2.34. The number of nitrogens with zero attached hydrogens (tertiary/aromatic N) is 3. The monoisotopic (exact) mass is 251 g/mol. The van der Waals surface area contributed by atoms with Crippen molar-refractivity contribution in [3.05, 3.63) is 17.5 Å². The van der Waals surface area contributed by atoms with Crippen LogP contribution in [-0.2, 0) is 18.4 Å². The van der Waals surface area contributed by atoms with Crippen LogP contribution in [0.1, 0.15) is 31.2 Å². The fourth-order valence-electron chi connectivity index (χ4n) is 2.87. The molecule has 0 radical (unpaired) electrons. The van der Waals surface area contributed by atoms with Crippen molar-refractivity contribution in [3.63, 3.8) is 0 Å². The Hall–Kier alpha value is -1.36. The van der Waals surface area contributed by atoms with Crippen LogP contribution in [0.2, 0.25) is 0 Å². The lowest BCUT2D eigenvalue weighted by atomic mass is 9.90. The largest absolute Gasteiger partial charge is 0.480 e. The van der Waals surface area contributed by atoms with Gasteiger partial charge in [0.05, 0.1) is 11.4 Å². The summed E-state index contributed by atoms with van der Waals surface area (Å²) in [7, 11) is 1.91. The van der Waals surface area contributed by atoms with Gasteiger partial charge >= 0.3 is 5.97 Å². The number of carbonyl (C=O) groups is 1. The number of likely N-dealkylation sites (tertiary alicyclic amines) is 1. The molecular weight excluding hydrogens is 230 g/mol. The molecule has 2 heterocycles. The number of hydrogen-bond donors (Lipinski definition) is 1. The van der Waals surface area contributed by atoms with E-state index in [0.717, 1.165) is 30.8 Å². The fraction of sp³-hybridized carbons (Fsp3) is 0.692. The number of aromatic nitrogens is 2. The van der Waals surface area contributed by atoms with Gasteiger partial charge in [0, 0.05) is 13.6 Å². The third-order valence-corrected chi connectivity index (χ3v) is 3.75. The van der Waals surface area contributed by atoms with Gasteiger partial charge in [0.1, 0.15) is 6.04 Å². The second-order valence-electron chi connectivity index (χ2n) is 5.27. The SMILES string of the molecule is Cc1cc(CN2CCCC(C)C2C(=O)O)n(C)n1. The number of carboxylic acids is 1. The van der Waals surface area contributed by atoms with Crippen LogP contribution in [-0.4, -0.2) is 38.3 Å². The second-order valence-corrected chi connectivity index (χ2v) is 5.27. The molecule has 1 aliphatic heterocycles. The van der Waals surface area contributed by atoms with Crippen LogP contribution in [0.5, 0.6) is 0 Å². The van der Waals surface area contributed by atoms with Crippen molar-refractivity contribution in [2.24, 2.45) is 13.0 Å². The van der Waals surface area contributed by atoms with Crippen molar-refractivity contribution in [1.82, 2.24) is 14.7 Å². The Bertz CT molecular complexity index is 441. The molecule has 0 spiro atoms. The molecule has 5 heteroatoms. The van der Waals surface area contributed by atoms with Gasteiger partial charge in [0.2, 0.25) is 0 Å². The zero-order valence-corrected chi connectivity index (χ0v) is 11.3. The highest BCUT2D eigenvalue weighted by molar-refractivity contribution is 5.74. The Balaban J connectivity index is 2.15. The van der Waals surface area contributed by atoms with Crippen molar-refractivity contribution < 1.29 is 9.90 Å². The van der Waals surface area contributed by atoms with Crippen molar-refractivity contribution >= 4 is 5.97 Å². The van der Waals surface area contributed by atoms with E-state index in [1.807, 2.05) is 31.6 Å². The molecule has 2 unspecified atom stereocenters. The summed E-state index contributed by atoms with van der Waals surface area (Å²) in [6.07, 6.45) is 2.07. The molecule has 0 bridgehead atoms. The van der Waals surface area contributed by atoms with E-state index >= 15 is 0 Å². The minimum Gasteiger partial charge on any atom is -0.480 e. The quantitative estimate of drug-likeness (QED) is 0.882. The Kier molecular flexibility index (Phi) is 3.71. The topological polar surface area (TPSA) is 58.4 Å². The van der Waals surface area contributed by atoms with Crippen LogP contribution in [0.15, 0.2) is 6.07 Å². The molecule has 100 valence electrons. The summed E-state index contributed by atoms with van der Waals surface area (Å²) in [5, 5.41) is 13.7. The van der Waals surface area contributed by atoms with Crippen LogP contribution in [0.4, 0.5) is 0 Å². The van der Waals surface area contributed by atoms with Crippen molar-refractivity contribution in [2.45, 2.75) is 39.3 Å². The molecule has 0 aromatic carbocycles. The molecule has 18 heavy (non-hydrogen) atoms. The summed E-state index contributed by atoms with van der Waals surface area (Å²) < 4.78 is 1.84. The Morgan fingerprint density at radius 2 is 2.33 bits per heavy atom. The molecule has 1 aromatic rings. The van der Waals surface area contributed by atoms with E-state index in [9.17, 15) is 9.90 Å². The van der Waals surface area contributed by atoms with Crippen LogP contribution in [0, 0.1) is 12.8 Å². The highest BCUT2D eigenvalue weighted by atomic mass is 16.4. The minimum absolute atomic E-state index is 0.213. The van der Waals surface area contributed by atoms with Gasteiger partial charge in [-0.1, -0.05) is 6.92 Å². The summed E-state index contributed by atoms with van der Waals surface area (Å²) >= 11 is 0. The summed E-state index contributed by atoms with van der Waals surface area (Å²) in [5.41, 5.74) is 2.05. The van der Waals surface area contributed by atoms with Crippen LogP contribution in [0.3, 0.4) is 0 Å². The molecular formula is C13H21N3O2. The molecule has 1 aromatic heterocycles. The van der Waals surface area contributed by atoms with Gasteiger partial charge in [-0.05, 0) is 38.3 Å². The van der Waals surface area contributed by atoms with E-state index in [1.54, 1.807) is 0 Å². The summed E-state index contributed by atoms with van der Waals surface area (Å²) in [6.45, 7) is 5.50. The predicted octanol–water partition coefficient (Wildman–Crippen LogP) is 1.41. The Labute approximate surface area is 107 Å². The average molecular weight is 251 g/mol. The first-order valence-electron chi connectivity index (χ1n) is 6.45. The Morgan fingerprint density at radius 3 is 2.89 bits per heavy atom. The second kappa shape index (κ2) is 5.10. The van der Waals surface area contributed by atoms with Gasteiger partial charge in [-0.25, -0.2) is 0 Å². The van der Waals surface area contributed by atoms with Crippen molar-refractivity contribution in [2.75, 3.05) is 6.54 Å². The average Bonchev–Trinajstić information content (AvgIpc) is 2.57. The van der Waals surface area contributed by atoms with E-state index in [-0.39, 0.29) is 12.0 Å². The number of rotatable bonds is 3. The lowest BCUT2D eigenvalue weighted by molar-refractivity contribution is -0.147. The van der Waals surface area contributed by atoms with Crippen molar-refractivity contribution in [1.29, 1.82) is 0 Å². The third kappa shape index (κ3) is 2.56. The minimum atomic E-state index is -0.707.